The Kier molecular flexibility index (Phi) is 4.33. The monoisotopic (exact) mass is 353 g/mol. The van der Waals surface area contributed by atoms with E-state index in [2.05, 4.69) is 14.7 Å². The molecule has 4 rings (SSSR count). The number of benzene rings is 1. The SMILES string of the molecule is Cn1ccnc1[C@@H]1CNCCN1C(=O)c1cc(-c2ccccc2)ns1. The molecule has 1 aliphatic heterocycles. The molecular weight excluding hydrogens is 334 g/mol. The summed E-state index contributed by atoms with van der Waals surface area (Å²) >= 11 is 1.26. The zero-order valence-corrected chi connectivity index (χ0v) is 14.7. The van der Waals surface area contributed by atoms with Crippen molar-refractivity contribution in [2.75, 3.05) is 19.6 Å². The summed E-state index contributed by atoms with van der Waals surface area (Å²) in [7, 11) is 1.96. The van der Waals surface area contributed by atoms with Crippen LogP contribution in [-0.2, 0) is 7.05 Å². The lowest BCUT2D eigenvalue weighted by molar-refractivity contribution is 0.0626. The molecule has 1 saturated heterocycles. The van der Waals surface area contributed by atoms with Gasteiger partial charge in [0.1, 0.15) is 16.7 Å². The molecular formula is C18H19N5OS. The number of aromatic nitrogens is 3. The van der Waals surface area contributed by atoms with Crippen LogP contribution in [0.15, 0.2) is 48.8 Å². The van der Waals surface area contributed by atoms with E-state index in [4.69, 9.17) is 0 Å². The van der Waals surface area contributed by atoms with Crippen LogP contribution < -0.4 is 5.32 Å². The van der Waals surface area contributed by atoms with Gasteiger partial charge in [0.25, 0.3) is 5.91 Å². The number of rotatable bonds is 3. The Morgan fingerprint density at radius 1 is 1.32 bits per heavy atom. The second-order valence-corrected chi connectivity index (χ2v) is 6.86. The zero-order valence-electron chi connectivity index (χ0n) is 13.9. The van der Waals surface area contributed by atoms with E-state index < -0.39 is 0 Å². The van der Waals surface area contributed by atoms with Crippen molar-refractivity contribution in [3.05, 3.63) is 59.5 Å². The number of carbonyl (C=O) groups is 1. The van der Waals surface area contributed by atoms with Gasteiger partial charge in [0.15, 0.2) is 0 Å². The molecule has 1 aromatic carbocycles. The van der Waals surface area contributed by atoms with Gasteiger partial charge in [-0.25, -0.2) is 4.98 Å². The Balaban J connectivity index is 1.61. The molecule has 3 aromatic rings. The summed E-state index contributed by atoms with van der Waals surface area (Å²) in [6.45, 7) is 2.16. The van der Waals surface area contributed by atoms with Gasteiger partial charge in [-0.3, -0.25) is 4.79 Å². The lowest BCUT2D eigenvalue weighted by atomic mass is 10.1. The van der Waals surface area contributed by atoms with E-state index in [0.29, 0.717) is 18.0 Å². The first-order chi connectivity index (χ1) is 12.2. The fraction of sp³-hybridized carbons (Fsp3) is 0.278. The molecule has 128 valence electrons. The van der Waals surface area contributed by atoms with Gasteiger partial charge in [-0.15, -0.1) is 0 Å². The lowest BCUT2D eigenvalue weighted by Gasteiger charge is -2.35. The molecule has 0 aliphatic carbocycles. The molecule has 1 amide bonds. The van der Waals surface area contributed by atoms with Gasteiger partial charge in [-0.05, 0) is 17.6 Å². The van der Waals surface area contributed by atoms with Crippen molar-refractivity contribution in [1.82, 2.24) is 24.1 Å². The molecule has 0 radical (unpaired) electrons. The fourth-order valence-corrected chi connectivity index (χ4v) is 3.85. The number of carbonyl (C=O) groups excluding carboxylic acids is 1. The number of aryl methyl sites for hydroxylation is 1. The maximum atomic E-state index is 13.1. The highest BCUT2D eigenvalue weighted by Gasteiger charge is 2.32. The van der Waals surface area contributed by atoms with Gasteiger partial charge in [0, 0.05) is 44.6 Å². The molecule has 1 fully saturated rings. The molecule has 0 unspecified atom stereocenters. The maximum Gasteiger partial charge on any atom is 0.266 e. The van der Waals surface area contributed by atoms with Crippen molar-refractivity contribution in [3.8, 4) is 11.3 Å². The van der Waals surface area contributed by atoms with E-state index in [-0.39, 0.29) is 11.9 Å². The van der Waals surface area contributed by atoms with E-state index in [0.717, 1.165) is 23.6 Å². The number of piperazine rings is 1. The fourth-order valence-electron chi connectivity index (χ4n) is 3.14. The molecule has 0 spiro atoms. The Labute approximate surface area is 150 Å². The second kappa shape index (κ2) is 6.78. The van der Waals surface area contributed by atoms with E-state index in [9.17, 15) is 4.79 Å². The molecule has 3 heterocycles. The van der Waals surface area contributed by atoms with Crippen LogP contribution in [0.25, 0.3) is 11.3 Å². The molecule has 1 aliphatic rings. The number of nitrogens with zero attached hydrogens (tertiary/aromatic N) is 4. The standard InChI is InChI=1S/C18H19N5OS/c1-22-9-8-20-17(22)15-12-19-7-10-23(15)18(24)16-11-14(21-25-16)13-5-3-2-4-6-13/h2-6,8-9,11,15,19H,7,10,12H2,1H3/t15-/m0/s1. The molecule has 1 atom stereocenters. The smallest absolute Gasteiger partial charge is 0.266 e. The van der Waals surface area contributed by atoms with E-state index in [1.54, 1.807) is 6.20 Å². The number of amides is 1. The average Bonchev–Trinajstić information content (AvgIpc) is 3.31. The molecule has 2 aromatic heterocycles. The number of nitrogens with one attached hydrogen (secondary N) is 1. The first-order valence-electron chi connectivity index (χ1n) is 8.25. The minimum atomic E-state index is -0.0662. The van der Waals surface area contributed by atoms with Gasteiger partial charge < -0.3 is 14.8 Å². The predicted octanol–water partition coefficient (Wildman–Crippen LogP) is 2.33. The Hall–Kier alpha value is -2.51. The van der Waals surface area contributed by atoms with Crippen molar-refractivity contribution < 1.29 is 4.79 Å². The number of hydrogen-bond acceptors (Lipinski definition) is 5. The van der Waals surface area contributed by atoms with E-state index in [1.807, 2.05) is 59.1 Å². The van der Waals surface area contributed by atoms with E-state index in [1.165, 1.54) is 11.5 Å². The maximum absolute atomic E-state index is 13.1. The summed E-state index contributed by atoms with van der Waals surface area (Å²) in [5.41, 5.74) is 1.87. The summed E-state index contributed by atoms with van der Waals surface area (Å²) in [5, 5.41) is 3.36. The summed E-state index contributed by atoms with van der Waals surface area (Å²) in [6, 6.07) is 11.8. The van der Waals surface area contributed by atoms with Crippen molar-refractivity contribution in [1.29, 1.82) is 0 Å². The lowest BCUT2D eigenvalue weighted by Crippen LogP contribution is -2.49. The van der Waals surface area contributed by atoms with Crippen LogP contribution in [-0.4, -0.2) is 44.4 Å². The van der Waals surface area contributed by atoms with Crippen LogP contribution in [0.2, 0.25) is 0 Å². The number of imidazole rings is 1. The molecule has 1 N–H and O–H groups in total. The largest absolute Gasteiger partial charge is 0.336 e. The number of hydrogen-bond donors (Lipinski definition) is 1. The quantitative estimate of drug-likeness (QED) is 0.785. The topological polar surface area (TPSA) is 63.1 Å². The zero-order chi connectivity index (χ0) is 17.2. The third-order valence-corrected chi connectivity index (χ3v) is 5.23. The Morgan fingerprint density at radius 2 is 2.16 bits per heavy atom. The molecule has 7 heteroatoms. The minimum Gasteiger partial charge on any atom is -0.336 e. The molecule has 0 bridgehead atoms. The first-order valence-corrected chi connectivity index (χ1v) is 9.02. The minimum absolute atomic E-state index is 0.0224. The van der Waals surface area contributed by atoms with Crippen molar-refractivity contribution in [3.63, 3.8) is 0 Å². The molecule has 0 saturated carbocycles. The summed E-state index contributed by atoms with van der Waals surface area (Å²) in [4.78, 5) is 20.1. The third kappa shape index (κ3) is 3.08. The van der Waals surface area contributed by atoms with Crippen LogP contribution >= 0.6 is 11.5 Å². The predicted molar refractivity (Wildman–Crippen MR) is 97.4 cm³/mol. The highest BCUT2D eigenvalue weighted by atomic mass is 32.1. The molecule has 6 nitrogen and oxygen atoms in total. The van der Waals surface area contributed by atoms with Gasteiger partial charge in [-0.2, -0.15) is 4.37 Å². The Bertz CT molecular complexity index is 872. The summed E-state index contributed by atoms with van der Waals surface area (Å²) < 4.78 is 6.44. The normalized spacial score (nSPS) is 17.6. The van der Waals surface area contributed by atoms with Gasteiger partial charge in [-0.1, -0.05) is 30.3 Å². The summed E-state index contributed by atoms with van der Waals surface area (Å²) in [5.74, 6) is 0.919. The van der Waals surface area contributed by atoms with Crippen LogP contribution in [0.1, 0.15) is 21.5 Å². The second-order valence-electron chi connectivity index (χ2n) is 6.06. The van der Waals surface area contributed by atoms with Crippen molar-refractivity contribution in [2.45, 2.75) is 6.04 Å². The van der Waals surface area contributed by atoms with Crippen LogP contribution in [0.5, 0.6) is 0 Å². The van der Waals surface area contributed by atoms with Crippen LogP contribution in [0, 0.1) is 0 Å². The highest BCUT2D eigenvalue weighted by molar-refractivity contribution is 7.08. The van der Waals surface area contributed by atoms with Crippen molar-refractivity contribution in [2.24, 2.45) is 7.05 Å². The van der Waals surface area contributed by atoms with Gasteiger partial charge >= 0.3 is 0 Å². The molecule has 25 heavy (non-hydrogen) atoms. The first kappa shape index (κ1) is 16.0. The third-order valence-electron chi connectivity index (χ3n) is 4.45. The van der Waals surface area contributed by atoms with Crippen LogP contribution in [0.3, 0.4) is 0 Å². The van der Waals surface area contributed by atoms with Gasteiger partial charge in [0.05, 0.1) is 5.69 Å². The average molecular weight is 353 g/mol. The Morgan fingerprint density at radius 3 is 2.92 bits per heavy atom. The highest BCUT2D eigenvalue weighted by Crippen LogP contribution is 2.27. The summed E-state index contributed by atoms with van der Waals surface area (Å²) in [6.07, 6.45) is 3.68. The van der Waals surface area contributed by atoms with E-state index >= 15 is 0 Å². The van der Waals surface area contributed by atoms with Crippen LogP contribution in [0.4, 0.5) is 0 Å². The van der Waals surface area contributed by atoms with Crippen molar-refractivity contribution >= 4 is 17.4 Å². The van der Waals surface area contributed by atoms with Gasteiger partial charge in [0.2, 0.25) is 0 Å².